The third kappa shape index (κ3) is 5.58. The normalized spacial score (nSPS) is 10.3. The second-order valence-electron chi connectivity index (χ2n) is 5.91. The van der Waals surface area contributed by atoms with Gasteiger partial charge in [-0.25, -0.2) is 0 Å². The number of rotatable bonds is 8. The van der Waals surface area contributed by atoms with Crippen molar-refractivity contribution in [3.63, 3.8) is 0 Å². The van der Waals surface area contributed by atoms with Crippen LogP contribution in [0.25, 0.3) is 0 Å². The third-order valence-corrected chi connectivity index (χ3v) is 5.01. The predicted molar refractivity (Wildman–Crippen MR) is 112 cm³/mol. The van der Waals surface area contributed by atoms with Crippen molar-refractivity contribution in [2.45, 2.75) is 12.8 Å². The number of hydrogen-bond donors (Lipinski definition) is 2. The summed E-state index contributed by atoms with van der Waals surface area (Å²) in [6.07, 6.45) is 0.821. The summed E-state index contributed by atoms with van der Waals surface area (Å²) in [7, 11) is 0. The first-order chi connectivity index (χ1) is 13.6. The summed E-state index contributed by atoms with van der Waals surface area (Å²) >= 11 is 7.52. The molecule has 0 fully saturated rings. The number of carbonyl (C=O) groups excluding carboxylic acids is 2. The summed E-state index contributed by atoms with van der Waals surface area (Å²) in [5, 5.41) is 8.00. The van der Waals surface area contributed by atoms with E-state index in [0.29, 0.717) is 40.1 Å². The standard InChI is InChI=1S/C21H19ClN2O3S/c22-15-7-1-3-9-17(15)27-18-10-4-2-8-16(18)24-20(25)12-5-13-23-21(26)19-11-6-14-28-19/h1-4,6-11,14H,5,12-13H2,(H,23,26)(H,24,25). The molecule has 2 amide bonds. The number of halogens is 1. The highest BCUT2D eigenvalue weighted by atomic mass is 35.5. The van der Waals surface area contributed by atoms with Gasteiger partial charge in [-0.15, -0.1) is 11.3 Å². The molecule has 0 spiro atoms. The summed E-state index contributed by atoms with van der Waals surface area (Å²) in [6, 6.07) is 17.9. The Hall–Kier alpha value is -2.83. The second kappa shape index (κ2) is 9.92. The van der Waals surface area contributed by atoms with E-state index in [4.69, 9.17) is 16.3 Å². The number of anilines is 1. The van der Waals surface area contributed by atoms with Gasteiger partial charge in [0.25, 0.3) is 5.91 Å². The first kappa shape index (κ1) is 19.9. The van der Waals surface area contributed by atoms with Crippen LogP contribution in [0.5, 0.6) is 11.5 Å². The summed E-state index contributed by atoms with van der Waals surface area (Å²) in [6.45, 7) is 0.432. The predicted octanol–water partition coefficient (Wildman–Crippen LogP) is 5.34. The molecular weight excluding hydrogens is 396 g/mol. The molecule has 0 saturated carbocycles. The molecule has 1 aromatic heterocycles. The number of ether oxygens (including phenoxy) is 1. The number of hydrogen-bond acceptors (Lipinski definition) is 4. The molecule has 144 valence electrons. The molecule has 0 bridgehead atoms. The number of para-hydroxylation sites is 3. The van der Waals surface area contributed by atoms with Crippen LogP contribution >= 0.6 is 22.9 Å². The average Bonchev–Trinajstić information content (AvgIpc) is 3.23. The minimum Gasteiger partial charge on any atom is -0.454 e. The van der Waals surface area contributed by atoms with Crippen LogP contribution in [0.1, 0.15) is 22.5 Å². The van der Waals surface area contributed by atoms with Crippen molar-refractivity contribution in [1.82, 2.24) is 5.32 Å². The molecule has 5 nitrogen and oxygen atoms in total. The van der Waals surface area contributed by atoms with Crippen LogP contribution < -0.4 is 15.4 Å². The van der Waals surface area contributed by atoms with Crippen molar-refractivity contribution in [3.05, 3.63) is 75.9 Å². The lowest BCUT2D eigenvalue weighted by Crippen LogP contribution is -2.24. The van der Waals surface area contributed by atoms with E-state index in [2.05, 4.69) is 10.6 Å². The van der Waals surface area contributed by atoms with Crippen molar-refractivity contribution in [2.75, 3.05) is 11.9 Å². The van der Waals surface area contributed by atoms with Gasteiger partial charge in [0.2, 0.25) is 5.91 Å². The highest BCUT2D eigenvalue weighted by molar-refractivity contribution is 7.12. The lowest BCUT2D eigenvalue weighted by Gasteiger charge is -2.13. The van der Waals surface area contributed by atoms with Crippen molar-refractivity contribution in [3.8, 4) is 11.5 Å². The smallest absolute Gasteiger partial charge is 0.261 e. The zero-order valence-corrected chi connectivity index (χ0v) is 16.6. The summed E-state index contributed by atoms with van der Waals surface area (Å²) in [5.74, 6) is 0.756. The lowest BCUT2D eigenvalue weighted by molar-refractivity contribution is -0.116. The largest absolute Gasteiger partial charge is 0.454 e. The number of thiophene rings is 1. The first-order valence-electron chi connectivity index (χ1n) is 8.76. The molecule has 0 aliphatic heterocycles. The lowest BCUT2D eigenvalue weighted by atomic mass is 10.2. The number of carbonyl (C=O) groups is 2. The first-order valence-corrected chi connectivity index (χ1v) is 10.0. The van der Waals surface area contributed by atoms with Crippen LogP contribution in [0.4, 0.5) is 5.69 Å². The molecule has 3 aromatic rings. The van der Waals surface area contributed by atoms with Crippen LogP contribution in [-0.2, 0) is 4.79 Å². The van der Waals surface area contributed by atoms with E-state index in [1.165, 1.54) is 11.3 Å². The Balaban J connectivity index is 1.50. The fourth-order valence-electron chi connectivity index (χ4n) is 2.46. The fraction of sp³-hybridized carbons (Fsp3) is 0.143. The maximum absolute atomic E-state index is 12.3. The molecule has 0 saturated heterocycles. The Morgan fingerprint density at radius 1 is 0.964 bits per heavy atom. The molecule has 2 N–H and O–H groups in total. The number of benzene rings is 2. The van der Waals surface area contributed by atoms with E-state index in [1.807, 2.05) is 35.7 Å². The van der Waals surface area contributed by atoms with E-state index in [-0.39, 0.29) is 18.2 Å². The van der Waals surface area contributed by atoms with Crippen LogP contribution in [0.2, 0.25) is 5.02 Å². The summed E-state index contributed by atoms with van der Waals surface area (Å²) < 4.78 is 5.84. The third-order valence-electron chi connectivity index (χ3n) is 3.83. The summed E-state index contributed by atoms with van der Waals surface area (Å²) in [4.78, 5) is 24.8. The number of nitrogens with one attached hydrogen (secondary N) is 2. The molecule has 0 aliphatic carbocycles. The molecule has 7 heteroatoms. The highest BCUT2D eigenvalue weighted by Crippen LogP contribution is 2.33. The average molecular weight is 415 g/mol. The Labute approximate surface area is 172 Å². The van der Waals surface area contributed by atoms with E-state index in [0.717, 1.165) is 0 Å². The minimum absolute atomic E-state index is 0.117. The molecule has 0 radical (unpaired) electrons. The maximum Gasteiger partial charge on any atom is 0.261 e. The molecule has 0 unspecified atom stereocenters. The van der Waals surface area contributed by atoms with E-state index >= 15 is 0 Å². The van der Waals surface area contributed by atoms with Gasteiger partial charge in [0.1, 0.15) is 5.75 Å². The SMILES string of the molecule is O=C(CCCNC(=O)c1cccs1)Nc1ccccc1Oc1ccccc1Cl. The second-order valence-corrected chi connectivity index (χ2v) is 7.27. The Bertz CT molecular complexity index is 944. The van der Waals surface area contributed by atoms with Crippen molar-refractivity contribution in [2.24, 2.45) is 0 Å². The van der Waals surface area contributed by atoms with Crippen LogP contribution in [0.3, 0.4) is 0 Å². The Kier molecular flexibility index (Phi) is 7.06. The van der Waals surface area contributed by atoms with Gasteiger partial charge < -0.3 is 15.4 Å². The Morgan fingerprint density at radius 2 is 1.71 bits per heavy atom. The van der Waals surface area contributed by atoms with Gasteiger partial charge in [0.05, 0.1) is 15.6 Å². The van der Waals surface area contributed by atoms with E-state index < -0.39 is 0 Å². The molecule has 28 heavy (non-hydrogen) atoms. The summed E-state index contributed by atoms with van der Waals surface area (Å²) in [5.41, 5.74) is 0.565. The molecule has 2 aromatic carbocycles. The monoisotopic (exact) mass is 414 g/mol. The van der Waals surface area contributed by atoms with Crippen LogP contribution in [0.15, 0.2) is 66.0 Å². The zero-order chi connectivity index (χ0) is 19.8. The molecule has 0 atom stereocenters. The fourth-order valence-corrected chi connectivity index (χ4v) is 3.28. The van der Waals surface area contributed by atoms with Gasteiger partial charge in [-0.2, -0.15) is 0 Å². The Morgan fingerprint density at radius 3 is 2.46 bits per heavy atom. The highest BCUT2D eigenvalue weighted by Gasteiger charge is 2.10. The quantitative estimate of drug-likeness (QED) is 0.489. The molecular formula is C21H19ClN2O3S. The zero-order valence-electron chi connectivity index (χ0n) is 15.0. The molecule has 3 rings (SSSR count). The minimum atomic E-state index is -0.152. The van der Waals surface area contributed by atoms with Gasteiger partial charge in [0, 0.05) is 13.0 Å². The van der Waals surface area contributed by atoms with Gasteiger partial charge in [-0.05, 0) is 42.1 Å². The maximum atomic E-state index is 12.3. The van der Waals surface area contributed by atoms with Gasteiger partial charge in [-0.3, -0.25) is 9.59 Å². The van der Waals surface area contributed by atoms with Crippen molar-refractivity contribution < 1.29 is 14.3 Å². The van der Waals surface area contributed by atoms with Gasteiger partial charge in [-0.1, -0.05) is 41.9 Å². The van der Waals surface area contributed by atoms with Crippen molar-refractivity contribution in [1.29, 1.82) is 0 Å². The van der Waals surface area contributed by atoms with Gasteiger partial charge >= 0.3 is 0 Å². The van der Waals surface area contributed by atoms with E-state index in [1.54, 1.807) is 30.3 Å². The topological polar surface area (TPSA) is 67.4 Å². The van der Waals surface area contributed by atoms with Crippen LogP contribution in [-0.4, -0.2) is 18.4 Å². The molecule has 1 heterocycles. The van der Waals surface area contributed by atoms with E-state index in [9.17, 15) is 9.59 Å². The van der Waals surface area contributed by atoms with Crippen LogP contribution in [0, 0.1) is 0 Å². The van der Waals surface area contributed by atoms with Gasteiger partial charge in [0.15, 0.2) is 5.75 Å². The number of amides is 2. The van der Waals surface area contributed by atoms with Crippen molar-refractivity contribution >= 4 is 40.4 Å². The molecule has 0 aliphatic rings.